The Balaban J connectivity index is 2.27. The van der Waals surface area contributed by atoms with Crippen molar-refractivity contribution >= 4 is 17.2 Å². The largest absolute Gasteiger partial charge is 0.492 e. The van der Waals surface area contributed by atoms with Gasteiger partial charge < -0.3 is 15.4 Å². The van der Waals surface area contributed by atoms with Gasteiger partial charge in [-0.1, -0.05) is 24.4 Å². The summed E-state index contributed by atoms with van der Waals surface area (Å²) in [6.45, 7) is 0.744. The summed E-state index contributed by atoms with van der Waals surface area (Å²) in [6, 6.07) is 7.32. The minimum Gasteiger partial charge on any atom is -0.492 e. The highest BCUT2D eigenvalue weighted by Gasteiger charge is 2.26. The standard InChI is InChI=1S/C14H19F3N2OS/c1-19(7-6-14(15,16)17)8-9-20-12-4-2-11(3-5-12)10-13(18)21/h2-5H,6-10H2,1H3,(H2,18,21). The number of nitrogens with zero attached hydrogens (tertiary/aromatic N) is 1. The van der Waals surface area contributed by atoms with Crippen molar-refractivity contribution < 1.29 is 17.9 Å². The fourth-order valence-electron chi connectivity index (χ4n) is 1.65. The molecule has 21 heavy (non-hydrogen) atoms. The van der Waals surface area contributed by atoms with Crippen molar-refractivity contribution in [1.82, 2.24) is 4.90 Å². The monoisotopic (exact) mass is 320 g/mol. The Kier molecular flexibility index (Phi) is 6.91. The zero-order valence-electron chi connectivity index (χ0n) is 11.8. The summed E-state index contributed by atoms with van der Waals surface area (Å²) in [5.74, 6) is 0.672. The van der Waals surface area contributed by atoms with E-state index in [4.69, 9.17) is 22.7 Å². The van der Waals surface area contributed by atoms with Crippen LogP contribution in [-0.4, -0.2) is 42.8 Å². The quantitative estimate of drug-likeness (QED) is 0.748. The van der Waals surface area contributed by atoms with Crippen LogP contribution in [0.25, 0.3) is 0 Å². The summed E-state index contributed by atoms with van der Waals surface area (Å²) in [7, 11) is 1.64. The van der Waals surface area contributed by atoms with Crippen LogP contribution in [0.2, 0.25) is 0 Å². The zero-order valence-corrected chi connectivity index (χ0v) is 12.6. The molecular formula is C14H19F3N2OS. The minimum atomic E-state index is -4.12. The van der Waals surface area contributed by atoms with E-state index in [2.05, 4.69) is 0 Å². The maximum Gasteiger partial charge on any atom is 0.390 e. The predicted octanol–water partition coefficient (Wildman–Crippen LogP) is 2.78. The van der Waals surface area contributed by atoms with E-state index in [-0.39, 0.29) is 6.54 Å². The number of ether oxygens (including phenoxy) is 1. The second-order valence-electron chi connectivity index (χ2n) is 4.80. The molecule has 0 radical (unpaired) electrons. The normalized spacial score (nSPS) is 11.7. The predicted molar refractivity (Wildman–Crippen MR) is 80.6 cm³/mol. The first kappa shape index (κ1) is 17.7. The average molecular weight is 320 g/mol. The first-order valence-electron chi connectivity index (χ1n) is 6.51. The van der Waals surface area contributed by atoms with Gasteiger partial charge in [0.05, 0.1) is 11.4 Å². The molecule has 2 N–H and O–H groups in total. The lowest BCUT2D eigenvalue weighted by Gasteiger charge is -2.17. The average Bonchev–Trinajstić information content (AvgIpc) is 2.37. The molecule has 0 saturated heterocycles. The molecule has 0 spiro atoms. The highest BCUT2D eigenvalue weighted by Crippen LogP contribution is 2.19. The Morgan fingerprint density at radius 1 is 1.24 bits per heavy atom. The fourth-order valence-corrected chi connectivity index (χ4v) is 1.82. The second kappa shape index (κ2) is 8.19. The number of hydrogen-bond acceptors (Lipinski definition) is 3. The molecule has 3 nitrogen and oxygen atoms in total. The van der Waals surface area contributed by atoms with Gasteiger partial charge in [0.25, 0.3) is 0 Å². The SMILES string of the molecule is CN(CCOc1ccc(CC(N)=S)cc1)CCC(F)(F)F. The molecule has 0 aliphatic heterocycles. The van der Waals surface area contributed by atoms with Crippen molar-refractivity contribution in [3.05, 3.63) is 29.8 Å². The number of hydrogen-bond donors (Lipinski definition) is 1. The van der Waals surface area contributed by atoms with Crippen LogP contribution in [0.15, 0.2) is 24.3 Å². The van der Waals surface area contributed by atoms with Crippen LogP contribution >= 0.6 is 12.2 Å². The Labute approximate surface area is 127 Å². The number of benzene rings is 1. The van der Waals surface area contributed by atoms with Crippen molar-refractivity contribution in [3.8, 4) is 5.75 Å². The van der Waals surface area contributed by atoms with Gasteiger partial charge in [0.1, 0.15) is 12.4 Å². The molecular weight excluding hydrogens is 301 g/mol. The summed E-state index contributed by atoms with van der Waals surface area (Å²) in [6.07, 6.45) is -4.39. The van der Waals surface area contributed by atoms with Gasteiger partial charge in [-0.3, -0.25) is 0 Å². The summed E-state index contributed by atoms with van der Waals surface area (Å²) >= 11 is 4.82. The van der Waals surface area contributed by atoms with Crippen LogP contribution in [0.4, 0.5) is 13.2 Å². The molecule has 0 atom stereocenters. The maximum atomic E-state index is 12.1. The molecule has 1 rings (SSSR count). The van der Waals surface area contributed by atoms with E-state index < -0.39 is 12.6 Å². The first-order valence-corrected chi connectivity index (χ1v) is 6.92. The third kappa shape index (κ3) is 8.52. The van der Waals surface area contributed by atoms with Crippen molar-refractivity contribution in [3.63, 3.8) is 0 Å². The van der Waals surface area contributed by atoms with Gasteiger partial charge in [0.15, 0.2) is 0 Å². The van der Waals surface area contributed by atoms with Gasteiger partial charge in [-0.2, -0.15) is 13.2 Å². The van der Waals surface area contributed by atoms with Crippen LogP contribution in [-0.2, 0) is 6.42 Å². The molecule has 1 aromatic carbocycles. The molecule has 0 aliphatic rings. The van der Waals surface area contributed by atoms with Gasteiger partial charge in [-0.25, -0.2) is 0 Å². The lowest BCUT2D eigenvalue weighted by atomic mass is 10.1. The first-order chi connectivity index (χ1) is 9.76. The summed E-state index contributed by atoms with van der Waals surface area (Å²) < 4.78 is 41.6. The second-order valence-corrected chi connectivity index (χ2v) is 5.33. The smallest absolute Gasteiger partial charge is 0.390 e. The van der Waals surface area contributed by atoms with E-state index in [1.807, 2.05) is 12.1 Å². The maximum absolute atomic E-state index is 12.1. The fraction of sp³-hybridized carbons (Fsp3) is 0.500. The van der Waals surface area contributed by atoms with Gasteiger partial charge in [-0.05, 0) is 24.7 Å². The van der Waals surface area contributed by atoms with Gasteiger partial charge >= 0.3 is 6.18 Å². The highest BCUT2D eigenvalue weighted by molar-refractivity contribution is 7.80. The molecule has 0 amide bonds. The molecule has 0 aromatic heterocycles. The highest BCUT2D eigenvalue weighted by atomic mass is 32.1. The Morgan fingerprint density at radius 2 is 1.86 bits per heavy atom. The van der Waals surface area contributed by atoms with E-state index >= 15 is 0 Å². The zero-order chi connectivity index (χ0) is 15.9. The molecule has 118 valence electrons. The van der Waals surface area contributed by atoms with E-state index in [0.29, 0.717) is 30.3 Å². The van der Waals surface area contributed by atoms with E-state index in [1.54, 1.807) is 24.1 Å². The van der Waals surface area contributed by atoms with Crippen LogP contribution in [0, 0.1) is 0 Å². The molecule has 0 bridgehead atoms. The molecule has 1 aromatic rings. The Bertz CT molecular complexity index is 449. The van der Waals surface area contributed by atoms with Gasteiger partial charge in [-0.15, -0.1) is 0 Å². The minimum absolute atomic E-state index is 0.0280. The number of nitrogens with two attached hydrogens (primary N) is 1. The molecule has 0 fully saturated rings. The number of alkyl halides is 3. The van der Waals surface area contributed by atoms with Crippen molar-refractivity contribution in [2.24, 2.45) is 5.73 Å². The number of likely N-dealkylation sites (N-methyl/N-ethyl adjacent to an activating group) is 1. The Hall–Kier alpha value is -1.34. The lowest BCUT2D eigenvalue weighted by Crippen LogP contribution is -2.28. The molecule has 7 heteroatoms. The lowest BCUT2D eigenvalue weighted by molar-refractivity contribution is -0.137. The van der Waals surface area contributed by atoms with Crippen molar-refractivity contribution in [2.45, 2.75) is 19.0 Å². The van der Waals surface area contributed by atoms with Crippen LogP contribution < -0.4 is 10.5 Å². The van der Waals surface area contributed by atoms with Gasteiger partial charge in [0.2, 0.25) is 0 Å². The van der Waals surface area contributed by atoms with Crippen LogP contribution in [0.3, 0.4) is 0 Å². The number of thiocarbonyl (C=S) groups is 1. The molecule has 0 aliphatic carbocycles. The van der Waals surface area contributed by atoms with Crippen molar-refractivity contribution in [2.75, 3.05) is 26.7 Å². The molecule has 0 unspecified atom stereocenters. The van der Waals surface area contributed by atoms with E-state index in [9.17, 15) is 13.2 Å². The number of rotatable bonds is 8. The van der Waals surface area contributed by atoms with Crippen molar-refractivity contribution in [1.29, 1.82) is 0 Å². The molecule has 0 heterocycles. The van der Waals surface area contributed by atoms with Gasteiger partial charge in [0, 0.05) is 19.5 Å². The Morgan fingerprint density at radius 3 is 2.38 bits per heavy atom. The summed E-state index contributed by atoms with van der Waals surface area (Å²) in [5, 5.41) is 0. The van der Waals surface area contributed by atoms with E-state index in [1.165, 1.54) is 0 Å². The van der Waals surface area contributed by atoms with Crippen LogP contribution in [0.1, 0.15) is 12.0 Å². The molecule has 0 saturated carbocycles. The third-order valence-electron chi connectivity index (χ3n) is 2.82. The summed E-state index contributed by atoms with van der Waals surface area (Å²) in [4.78, 5) is 2.02. The number of halogens is 3. The van der Waals surface area contributed by atoms with Crippen LogP contribution in [0.5, 0.6) is 5.75 Å². The topological polar surface area (TPSA) is 38.5 Å². The van der Waals surface area contributed by atoms with E-state index in [0.717, 1.165) is 5.56 Å². The third-order valence-corrected chi connectivity index (χ3v) is 2.96. The summed E-state index contributed by atoms with van der Waals surface area (Å²) in [5.41, 5.74) is 6.45.